The molecule has 0 saturated heterocycles. The minimum absolute atomic E-state index is 0.0902. The van der Waals surface area contributed by atoms with Crippen LogP contribution in [-0.4, -0.2) is 22.1 Å². The van der Waals surface area contributed by atoms with Crippen LogP contribution in [0.1, 0.15) is 30.7 Å². The van der Waals surface area contributed by atoms with E-state index in [-0.39, 0.29) is 18.0 Å². The molecule has 1 aromatic carbocycles. The largest absolute Gasteiger partial charge is 0.573 e. The fraction of sp³-hybridized carbons (Fsp3) is 0.278. The van der Waals surface area contributed by atoms with Gasteiger partial charge >= 0.3 is 12.1 Å². The molecule has 4 rings (SSSR count). The summed E-state index contributed by atoms with van der Waals surface area (Å²) in [4.78, 5) is 32.3. The molecule has 5 nitrogen and oxygen atoms in total. The number of aromatic amines is 1. The molecule has 9 heteroatoms. The maximum absolute atomic E-state index is 13.0. The van der Waals surface area contributed by atoms with Gasteiger partial charge in [0.05, 0.1) is 11.1 Å². The first-order valence-corrected chi connectivity index (χ1v) is 8.82. The summed E-state index contributed by atoms with van der Waals surface area (Å²) in [6, 6.07) is 4.05. The number of allylic oxidation sites excluding steroid dienone is 1. The van der Waals surface area contributed by atoms with Crippen LogP contribution in [0.2, 0.25) is 0 Å². The molecule has 1 N–H and O–H groups in total. The highest BCUT2D eigenvalue weighted by atomic mass is 32.2. The zero-order valence-electron chi connectivity index (χ0n) is 14.2. The SMILES string of the molecule is CC1(C)C(=O)C2=C(Sc3cc(OC(F)(F)F)ccc3C2)c2[nH]c(=O)ncc21. The second-order valence-electron chi connectivity index (χ2n) is 6.83. The highest BCUT2D eigenvalue weighted by Crippen LogP contribution is 2.51. The Kier molecular flexibility index (Phi) is 3.78. The van der Waals surface area contributed by atoms with Gasteiger partial charge in [0.15, 0.2) is 5.78 Å². The average molecular weight is 394 g/mol. The lowest BCUT2D eigenvalue weighted by atomic mass is 9.72. The molecule has 1 aromatic heterocycles. The molecular weight excluding hydrogens is 381 g/mol. The van der Waals surface area contributed by atoms with E-state index in [9.17, 15) is 22.8 Å². The number of thioether (sulfide) groups is 1. The van der Waals surface area contributed by atoms with E-state index in [0.717, 1.165) is 17.3 Å². The number of halogens is 3. The number of fused-ring (bicyclic) bond motifs is 3. The normalized spacial score (nSPS) is 17.9. The number of ether oxygens (including phenoxy) is 1. The number of hydrogen-bond acceptors (Lipinski definition) is 5. The van der Waals surface area contributed by atoms with Crippen molar-refractivity contribution in [3.05, 3.63) is 57.3 Å². The predicted molar refractivity (Wildman–Crippen MR) is 92.5 cm³/mol. The van der Waals surface area contributed by atoms with Crippen molar-refractivity contribution in [3.63, 3.8) is 0 Å². The van der Waals surface area contributed by atoms with Crippen molar-refractivity contribution in [2.75, 3.05) is 0 Å². The molecule has 0 atom stereocenters. The summed E-state index contributed by atoms with van der Waals surface area (Å²) in [5, 5.41) is 0. The van der Waals surface area contributed by atoms with Crippen molar-refractivity contribution in [1.82, 2.24) is 9.97 Å². The lowest BCUT2D eigenvalue weighted by Crippen LogP contribution is -2.38. The van der Waals surface area contributed by atoms with Gasteiger partial charge in [0.25, 0.3) is 0 Å². The molecule has 2 heterocycles. The van der Waals surface area contributed by atoms with E-state index >= 15 is 0 Å². The lowest BCUT2D eigenvalue weighted by Gasteiger charge is -2.35. The van der Waals surface area contributed by atoms with Gasteiger partial charge in [-0.25, -0.2) is 9.78 Å². The average Bonchev–Trinajstić information content (AvgIpc) is 2.57. The molecule has 140 valence electrons. The zero-order valence-corrected chi connectivity index (χ0v) is 15.0. The summed E-state index contributed by atoms with van der Waals surface area (Å²) in [5.74, 6) is -0.420. The number of nitrogens with zero attached hydrogens (tertiary/aromatic N) is 1. The van der Waals surface area contributed by atoms with Crippen molar-refractivity contribution in [3.8, 4) is 5.75 Å². The number of carbonyl (C=O) groups is 1. The fourth-order valence-electron chi connectivity index (χ4n) is 3.35. The Hall–Kier alpha value is -2.55. The first kappa shape index (κ1) is 17.8. The summed E-state index contributed by atoms with van der Waals surface area (Å²) < 4.78 is 41.5. The minimum atomic E-state index is -4.79. The number of benzene rings is 1. The summed E-state index contributed by atoms with van der Waals surface area (Å²) in [6.07, 6.45) is -3.13. The number of nitrogens with one attached hydrogen (secondary N) is 1. The van der Waals surface area contributed by atoms with Crippen molar-refractivity contribution in [1.29, 1.82) is 0 Å². The molecule has 0 fully saturated rings. The first-order chi connectivity index (χ1) is 12.6. The number of H-pyrrole nitrogens is 1. The first-order valence-electron chi connectivity index (χ1n) is 8.01. The van der Waals surface area contributed by atoms with E-state index in [0.29, 0.717) is 26.6 Å². The summed E-state index contributed by atoms with van der Waals surface area (Å²) >= 11 is 1.15. The number of alkyl halides is 3. The Morgan fingerprint density at radius 1 is 1.26 bits per heavy atom. The number of aromatic nitrogens is 2. The quantitative estimate of drug-likeness (QED) is 0.800. The molecule has 2 aromatic rings. The van der Waals surface area contributed by atoms with Gasteiger partial charge in [-0.3, -0.25) is 4.79 Å². The van der Waals surface area contributed by atoms with Crippen LogP contribution < -0.4 is 10.4 Å². The van der Waals surface area contributed by atoms with E-state index in [1.165, 1.54) is 24.4 Å². The Labute approximate surface area is 155 Å². The summed E-state index contributed by atoms with van der Waals surface area (Å²) in [6.45, 7) is 3.52. The fourth-order valence-corrected chi connectivity index (χ4v) is 4.56. The van der Waals surface area contributed by atoms with Gasteiger partial charge in [0.2, 0.25) is 0 Å². The Morgan fingerprint density at radius 2 is 2.00 bits per heavy atom. The molecule has 0 bridgehead atoms. The van der Waals surface area contributed by atoms with Crippen LogP contribution in [0.3, 0.4) is 0 Å². The van der Waals surface area contributed by atoms with Crippen molar-refractivity contribution >= 4 is 22.5 Å². The third kappa shape index (κ3) is 2.95. The third-order valence-corrected chi connectivity index (χ3v) is 5.93. The van der Waals surface area contributed by atoms with Gasteiger partial charge in [0, 0.05) is 33.6 Å². The molecular formula is C18H13F3N2O3S. The van der Waals surface area contributed by atoms with Crippen LogP contribution in [-0.2, 0) is 16.6 Å². The van der Waals surface area contributed by atoms with Crippen LogP contribution in [0.5, 0.6) is 5.75 Å². The Balaban J connectivity index is 1.83. The smallest absolute Gasteiger partial charge is 0.406 e. The number of rotatable bonds is 1. The molecule has 0 unspecified atom stereocenters. The van der Waals surface area contributed by atoms with E-state index in [1.54, 1.807) is 13.8 Å². The monoisotopic (exact) mass is 394 g/mol. The van der Waals surface area contributed by atoms with Crippen LogP contribution in [0.4, 0.5) is 13.2 Å². The van der Waals surface area contributed by atoms with E-state index < -0.39 is 17.5 Å². The van der Waals surface area contributed by atoms with E-state index in [1.807, 2.05) is 0 Å². The Morgan fingerprint density at radius 3 is 2.70 bits per heavy atom. The molecule has 27 heavy (non-hydrogen) atoms. The lowest BCUT2D eigenvalue weighted by molar-refractivity contribution is -0.274. The predicted octanol–water partition coefficient (Wildman–Crippen LogP) is 3.59. The van der Waals surface area contributed by atoms with Gasteiger partial charge < -0.3 is 9.72 Å². The molecule has 0 radical (unpaired) electrons. The maximum atomic E-state index is 13.0. The van der Waals surface area contributed by atoms with Crippen molar-refractivity contribution in [2.45, 2.75) is 36.9 Å². The summed E-state index contributed by atoms with van der Waals surface area (Å²) in [7, 11) is 0. The van der Waals surface area contributed by atoms with Gasteiger partial charge in [-0.15, -0.1) is 13.2 Å². The van der Waals surface area contributed by atoms with Crippen LogP contribution in [0.25, 0.3) is 4.91 Å². The molecule has 0 amide bonds. The standard InChI is InChI=1S/C18H13F3N2O3S/c1-17(2)11-7-22-16(25)23-13(11)14-10(15(17)24)5-8-3-4-9(6-12(8)27-14)26-18(19,20)21/h3-4,6-7H,5H2,1-2H3,(H,22,23,25). The highest BCUT2D eigenvalue weighted by molar-refractivity contribution is 8.08. The van der Waals surface area contributed by atoms with Crippen molar-refractivity contribution in [2.24, 2.45) is 0 Å². The molecule has 2 aliphatic rings. The molecule has 1 aliphatic heterocycles. The highest BCUT2D eigenvalue weighted by Gasteiger charge is 2.43. The number of carbonyl (C=O) groups excluding carboxylic acids is 1. The number of ketones is 1. The number of Topliss-reactive ketones (excluding diaryl/α,β-unsaturated/α-hetero) is 1. The van der Waals surface area contributed by atoms with Gasteiger partial charge in [0.1, 0.15) is 5.75 Å². The van der Waals surface area contributed by atoms with Crippen LogP contribution >= 0.6 is 11.8 Å². The third-order valence-electron chi connectivity index (χ3n) is 4.68. The van der Waals surface area contributed by atoms with Gasteiger partial charge in [-0.1, -0.05) is 17.8 Å². The zero-order chi connectivity index (χ0) is 19.6. The van der Waals surface area contributed by atoms with Gasteiger partial charge in [-0.05, 0) is 31.5 Å². The van der Waals surface area contributed by atoms with E-state index in [2.05, 4.69) is 14.7 Å². The second-order valence-corrected chi connectivity index (χ2v) is 7.89. The minimum Gasteiger partial charge on any atom is -0.406 e. The molecule has 1 aliphatic carbocycles. The van der Waals surface area contributed by atoms with Crippen LogP contribution in [0, 0.1) is 0 Å². The molecule has 0 saturated carbocycles. The Bertz CT molecular complexity index is 1070. The summed E-state index contributed by atoms with van der Waals surface area (Å²) in [5.41, 5.74) is 0.944. The van der Waals surface area contributed by atoms with Crippen molar-refractivity contribution < 1.29 is 22.7 Å². The van der Waals surface area contributed by atoms with Gasteiger partial charge in [-0.2, -0.15) is 0 Å². The van der Waals surface area contributed by atoms with Crippen LogP contribution in [0.15, 0.2) is 39.7 Å². The van der Waals surface area contributed by atoms with E-state index in [4.69, 9.17) is 0 Å². The second kappa shape index (κ2) is 5.72. The topological polar surface area (TPSA) is 72.1 Å². The maximum Gasteiger partial charge on any atom is 0.573 e. The molecule has 0 spiro atoms. The number of hydrogen-bond donors (Lipinski definition) is 1.